The minimum absolute atomic E-state index is 0.0356. The number of allylic oxidation sites excluding steroid dienone is 16. The number of unbranched alkanes of at least 4 members (excludes halogenated alkanes) is 16. The van der Waals surface area contributed by atoms with Gasteiger partial charge in [-0.05, 0) is 83.5 Å². The van der Waals surface area contributed by atoms with Crippen LogP contribution in [0.2, 0.25) is 0 Å². The first-order valence-corrected chi connectivity index (χ1v) is 24.5. The zero-order valence-electron chi connectivity index (χ0n) is 38.8. The maximum absolute atomic E-state index is 13.2. The van der Waals surface area contributed by atoms with Gasteiger partial charge in [-0.1, -0.05) is 208 Å². The molecular weight excluding hydrogens is 743 g/mol. The van der Waals surface area contributed by atoms with Crippen molar-refractivity contribution in [3.05, 3.63) is 97.2 Å². The summed E-state index contributed by atoms with van der Waals surface area (Å²) in [6.45, 7) is 6.20. The molecule has 6 heteroatoms. The number of hydrogen-bond acceptors (Lipinski definition) is 5. The van der Waals surface area contributed by atoms with Crippen LogP contribution in [0.25, 0.3) is 0 Å². The van der Waals surface area contributed by atoms with E-state index < -0.39 is 18.2 Å². The number of aliphatic hydroxyl groups is 2. The third kappa shape index (κ3) is 41.5. The average Bonchev–Trinajstić information content (AvgIpc) is 3.24. The van der Waals surface area contributed by atoms with Crippen molar-refractivity contribution in [3.63, 3.8) is 0 Å². The van der Waals surface area contributed by atoms with E-state index in [1.807, 2.05) is 0 Å². The van der Waals surface area contributed by atoms with Crippen LogP contribution in [-0.2, 0) is 14.3 Å². The van der Waals surface area contributed by atoms with Crippen LogP contribution in [0.3, 0.4) is 0 Å². The van der Waals surface area contributed by atoms with Crippen molar-refractivity contribution < 1.29 is 24.5 Å². The molecule has 0 aromatic heterocycles. The highest BCUT2D eigenvalue weighted by molar-refractivity contribution is 5.77. The van der Waals surface area contributed by atoms with Gasteiger partial charge in [0.05, 0.1) is 25.2 Å². The van der Waals surface area contributed by atoms with E-state index in [4.69, 9.17) is 4.74 Å². The van der Waals surface area contributed by atoms with Crippen LogP contribution < -0.4 is 5.32 Å². The Labute approximate surface area is 369 Å². The van der Waals surface area contributed by atoms with E-state index >= 15 is 0 Å². The first-order valence-electron chi connectivity index (χ1n) is 24.5. The van der Waals surface area contributed by atoms with Crippen molar-refractivity contribution >= 4 is 11.9 Å². The van der Waals surface area contributed by atoms with Crippen molar-refractivity contribution in [1.29, 1.82) is 0 Å². The molecular formula is C54H91NO5. The SMILES string of the molecule is CC/C=C\C/C=C\C/C=C\C/C=C\C/C=C\CCCC(=O)OC(CCCCCCC/C=C/C=C/C=C/CC)CC(=O)NC(CO)C(O)CCCCCCCCCCCCC. The average molecular weight is 834 g/mol. The first-order chi connectivity index (χ1) is 29.5. The van der Waals surface area contributed by atoms with Gasteiger partial charge in [0.15, 0.2) is 0 Å². The van der Waals surface area contributed by atoms with Crippen molar-refractivity contribution in [3.8, 4) is 0 Å². The minimum atomic E-state index is -0.807. The van der Waals surface area contributed by atoms with Crippen molar-refractivity contribution in [2.24, 2.45) is 0 Å². The molecule has 0 aromatic carbocycles. The fraction of sp³-hybridized carbons (Fsp3) is 0.667. The van der Waals surface area contributed by atoms with E-state index in [1.54, 1.807) is 0 Å². The minimum Gasteiger partial charge on any atom is -0.462 e. The number of esters is 1. The molecule has 342 valence electrons. The van der Waals surface area contributed by atoms with Gasteiger partial charge in [0.25, 0.3) is 0 Å². The van der Waals surface area contributed by atoms with Gasteiger partial charge in [-0.25, -0.2) is 0 Å². The lowest BCUT2D eigenvalue weighted by Gasteiger charge is -2.24. The quantitative estimate of drug-likeness (QED) is 0.0246. The van der Waals surface area contributed by atoms with Gasteiger partial charge < -0.3 is 20.3 Å². The van der Waals surface area contributed by atoms with Crippen molar-refractivity contribution in [2.75, 3.05) is 6.61 Å². The van der Waals surface area contributed by atoms with Crippen molar-refractivity contribution in [2.45, 2.75) is 225 Å². The Hall–Kier alpha value is -3.22. The monoisotopic (exact) mass is 834 g/mol. The van der Waals surface area contributed by atoms with Crippen LogP contribution in [0.5, 0.6) is 0 Å². The molecule has 0 saturated carbocycles. The number of amides is 1. The van der Waals surface area contributed by atoms with E-state index in [-0.39, 0.29) is 24.9 Å². The molecule has 1 amide bonds. The van der Waals surface area contributed by atoms with Gasteiger partial charge in [0, 0.05) is 6.42 Å². The zero-order valence-corrected chi connectivity index (χ0v) is 38.8. The molecule has 0 heterocycles. The summed E-state index contributed by atoms with van der Waals surface area (Å²) in [5.74, 6) is -0.573. The van der Waals surface area contributed by atoms with Crippen LogP contribution in [0, 0.1) is 0 Å². The number of carbonyl (C=O) groups is 2. The predicted octanol–water partition coefficient (Wildman–Crippen LogP) is 14.6. The van der Waals surface area contributed by atoms with Crippen molar-refractivity contribution in [1.82, 2.24) is 5.32 Å². The Kier molecular flexibility index (Phi) is 44.3. The number of rotatable bonds is 42. The molecule has 0 bridgehead atoms. The molecule has 0 rings (SSSR count). The van der Waals surface area contributed by atoms with E-state index in [9.17, 15) is 19.8 Å². The topological polar surface area (TPSA) is 95.9 Å². The summed E-state index contributed by atoms with van der Waals surface area (Å²) in [5, 5.41) is 23.7. The normalized spacial score (nSPS) is 14.2. The van der Waals surface area contributed by atoms with Crippen LogP contribution >= 0.6 is 0 Å². The van der Waals surface area contributed by atoms with Gasteiger partial charge in [0.1, 0.15) is 6.10 Å². The number of ether oxygens (including phenoxy) is 1. The largest absolute Gasteiger partial charge is 0.462 e. The second-order valence-corrected chi connectivity index (χ2v) is 16.2. The summed E-state index contributed by atoms with van der Waals surface area (Å²) >= 11 is 0. The molecule has 0 aliphatic rings. The summed E-state index contributed by atoms with van der Waals surface area (Å²) in [7, 11) is 0. The number of carbonyl (C=O) groups excluding carboxylic acids is 2. The van der Waals surface area contributed by atoms with Crippen LogP contribution in [0.1, 0.15) is 207 Å². The highest BCUT2D eigenvalue weighted by atomic mass is 16.5. The maximum atomic E-state index is 13.2. The molecule has 0 aromatic rings. The smallest absolute Gasteiger partial charge is 0.306 e. The van der Waals surface area contributed by atoms with E-state index in [0.717, 1.165) is 103 Å². The molecule has 0 radical (unpaired) electrons. The van der Waals surface area contributed by atoms with Crippen LogP contribution in [0.15, 0.2) is 97.2 Å². The molecule has 0 fully saturated rings. The summed E-state index contributed by atoms with van der Waals surface area (Å²) in [5.41, 5.74) is 0. The Morgan fingerprint density at radius 2 is 0.983 bits per heavy atom. The van der Waals surface area contributed by atoms with Gasteiger partial charge in [-0.2, -0.15) is 0 Å². The summed E-state index contributed by atoms with van der Waals surface area (Å²) in [4.78, 5) is 26.1. The van der Waals surface area contributed by atoms with E-state index in [1.165, 1.54) is 51.4 Å². The molecule has 3 atom stereocenters. The molecule has 0 spiro atoms. The number of hydrogen-bond donors (Lipinski definition) is 3. The Morgan fingerprint density at radius 3 is 1.53 bits per heavy atom. The lowest BCUT2D eigenvalue weighted by atomic mass is 10.0. The first kappa shape index (κ1) is 56.8. The summed E-state index contributed by atoms with van der Waals surface area (Å²) in [6.07, 6.45) is 61.8. The molecule has 0 aliphatic heterocycles. The highest BCUT2D eigenvalue weighted by Crippen LogP contribution is 2.17. The van der Waals surface area contributed by atoms with E-state index in [2.05, 4.69) is 123 Å². The predicted molar refractivity (Wildman–Crippen MR) is 259 cm³/mol. The van der Waals surface area contributed by atoms with Gasteiger partial charge >= 0.3 is 5.97 Å². The van der Waals surface area contributed by atoms with Gasteiger partial charge in [-0.15, -0.1) is 0 Å². The molecule has 0 aliphatic carbocycles. The highest BCUT2D eigenvalue weighted by Gasteiger charge is 2.24. The molecule has 3 N–H and O–H groups in total. The van der Waals surface area contributed by atoms with Crippen LogP contribution in [-0.4, -0.2) is 46.9 Å². The summed E-state index contributed by atoms with van der Waals surface area (Å²) < 4.78 is 5.88. The molecule has 6 nitrogen and oxygen atoms in total. The lowest BCUT2D eigenvalue weighted by Crippen LogP contribution is -2.46. The maximum Gasteiger partial charge on any atom is 0.306 e. The second-order valence-electron chi connectivity index (χ2n) is 16.2. The lowest BCUT2D eigenvalue weighted by molar-refractivity contribution is -0.151. The Bertz CT molecular complexity index is 1210. The van der Waals surface area contributed by atoms with Crippen LogP contribution in [0.4, 0.5) is 0 Å². The second kappa shape index (κ2) is 46.8. The fourth-order valence-corrected chi connectivity index (χ4v) is 6.82. The molecule has 60 heavy (non-hydrogen) atoms. The molecule has 0 saturated heterocycles. The standard InChI is InChI=1S/C54H91NO5/c1-4-7-10-13-16-19-22-24-25-26-27-29-32-35-38-41-44-47-54(59)60-50(45-42-39-36-33-31-28-23-20-17-14-11-8-5-2)48-53(58)55-51(49-56)52(57)46-43-40-37-34-30-21-18-15-12-9-6-3/h7-8,10-11,14,16-17,19-20,23-25,27,29,35,38,50-52,56-57H,4-6,9,12-13,15,18,21-22,26,28,30-34,36-37,39-49H2,1-3H3,(H,55,58)/b10-7-,11-8+,17-14+,19-16-,23-20+,25-24-,29-27-,38-35-. The van der Waals surface area contributed by atoms with Gasteiger partial charge in [0.2, 0.25) is 5.91 Å². The zero-order chi connectivity index (χ0) is 43.8. The molecule has 3 unspecified atom stereocenters. The Morgan fingerprint density at radius 1 is 0.517 bits per heavy atom. The number of aliphatic hydroxyl groups excluding tert-OH is 2. The third-order valence-corrected chi connectivity index (χ3v) is 10.5. The third-order valence-electron chi connectivity index (χ3n) is 10.5. The number of nitrogens with one attached hydrogen (secondary N) is 1. The fourth-order valence-electron chi connectivity index (χ4n) is 6.82. The van der Waals surface area contributed by atoms with E-state index in [0.29, 0.717) is 25.7 Å². The summed E-state index contributed by atoms with van der Waals surface area (Å²) in [6, 6.07) is -0.724. The Balaban J connectivity index is 4.73. The van der Waals surface area contributed by atoms with Gasteiger partial charge in [-0.3, -0.25) is 9.59 Å².